The maximum Gasteiger partial charge on any atom is 0.339 e. The summed E-state index contributed by atoms with van der Waals surface area (Å²) in [5.74, 6) is -3.84. The molecular formula is C17H14BrF2NO6S. The summed E-state index contributed by atoms with van der Waals surface area (Å²) >= 11 is 3.10. The molecule has 0 saturated carbocycles. The van der Waals surface area contributed by atoms with Gasteiger partial charge >= 0.3 is 5.97 Å². The Morgan fingerprint density at radius 1 is 1.11 bits per heavy atom. The van der Waals surface area contributed by atoms with Crippen molar-refractivity contribution < 1.29 is 36.4 Å². The van der Waals surface area contributed by atoms with Crippen LogP contribution in [0.4, 0.5) is 8.78 Å². The summed E-state index contributed by atoms with van der Waals surface area (Å²) in [7, 11) is -1.68. The van der Waals surface area contributed by atoms with Gasteiger partial charge in [0.25, 0.3) is 10.0 Å². The van der Waals surface area contributed by atoms with Gasteiger partial charge in [-0.2, -0.15) is 0 Å². The number of ketones is 1. The quantitative estimate of drug-likeness (QED) is 0.346. The summed E-state index contributed by atoms with van der Waals surface area (Å²) in [6.07, 6.45) is 0. The van der Waals surface area contributed by atoms with E-state index in [2.05, 4.69) is 20.8 Å². The Morgan fingerprint density at radius 3 is 2.39 bits per heavy atom. The first kappa shape index (κ1) is 22.1. The summed E-state index contributed by atoms with van der Waals surface area (Å²) in [6.45, 7) is -0.817. The summed E-state index contributed by atoms with van der Waals surface area (Å²) in [6, 6.07) is 5.96. The average Bonchev–Trinajstić information content (AvgIpc) is 2.65. The summed E-state index contributed by atoms with van der Waals surface area (Å²) in [5, 5.41) is 0. The number of Topliss-reactive ketones (excluding diaryl/α,β-unsaturated/α-hetero) is 1. The number of hydroxylamine groups is 1. The van der Waals surface area contributed by atoms with E-state index in [1.54, 1.807) is 0 Å². The lowest BCUT2D eigenvalue weighted by Gasteiger charge is -2.15. The van der Waals surface area contributed by atoms with Gasteiger partial charge in [-0.1, -0.05) is 4.47 Å². The standard InChI is InChI=1S/C17H14BrF2NO6S/c1-21(26-2)28(24,25)11-4-6-14(18)13(8-11)17(23)27-9-16(22)12-5-3-10(19)7-15(12)20/h3-8H,9H2,1-2H3. The van der Waals surface area contributed by atoms with Gasteiger partial charge in [-0.05, 0) is 46.3 Å². The molecule has 0 N–H and O–H groups in total. The van der Waals surface area contributed by atoms with Crippen molar-refractivity contribution in [2.75, 3.05) is 20.8 Å². The van der Waals surface area contributed by atoms with Crippen LogP contribution < -0.4 is 0 Å². The van der Waals surface area contributed by atoms with E-state index in [4.69, 9.17) is 4.74 Å². The fourth-order valence-corrected chi connectivity index (χ4v) is 3.48. The number of rotatable bonds is 7. The molecule has 0 amide bonds. The predicted octanol–water partition coefficient (Wildman–Crippen LogP) is 2.95. The molecule has 0 bridgehead atoms. The molecule has 11 heteroatoms. The Hall–Kier alpha value is -2.21. The van der Waals surface area contributed by atoms with Crippen molar-refractivity contribution in [2.45, 2.75) is 4.90 Å². The van der Waals surface area contributed by atoms with Gasteiger partial charge in [-0.3, -0.25) is 9.63 Å². The number of esters is 1. The minimum Gasteiger partial charge on any atom is -0.454 e. The van der Waals surface area contributed by atoms with Gasteiger partial charge in [-0.15, -0.1) is 0 Å². The SMILES string of the molecule is CON(C)S(=O)(=O)c1ccc(Br)c(C(=O)OCC(=O)c2ccc(F)cc2F)c1. The van der Waals surface area contributed by atoms with Gasteiger partial charge in [0.2, 0.25) is 5.78 Å². The second kappa shape index (κ2) is 8.86. The molecule has 2 aromatic rings. The molecule has 0 radical (unpaired) electrons. The molecule has 0 unspecified atom stereocenters. The Kier molecular flexibility index (Phi) is 6.99. The Labute approximate surface area is 168 Å². The molecule has 0 heterocycles. The molecule has 2 aromatic carbocycles. The zero-order chi connectivity index (χ0) is 21.1. The minimum atomic E-state index is -4.02. The van der Waals surface area contributed by atoms with E-state index in [-0.39, 0.29) is 14.9 Å². The summed E-state index contributed by atoms with van der Waals surface area (Å²) in [4.78, 5) is 28.7. The minimum absolute atomic E-state index is 0.169. The fraction of sp³-hybridized carbons (Fsp3) is 0.176. The first-order chi connectivity index (χ1) is 13.1. The molecule has 150 valence electrons. The molecule has 0 spiro atoms. The lowest BCUT2D eigenvalue weighted by atomic mass is 10.1. The smallest absolute Gasteiger partial charge is 0.339 e. The molecule has 2 rings (SSSR count). The number of sulfonamides is 1. The van der Waals surface area contributed by atoms with Crippen LogP contribution in [0.5, 0.6) is 0 Å². The van der Waals surface area contributed by atoms with Crippen molar-refractivity contribution in [1.29, 1.82) is 0 Å². The molecule has 0 fully saturated rings. The molecule has 0 aliphatic carbocycles. The number of carbonyl (C=O) groups excluding carboxylic acids is 2. The third-order valence-corrected chi connectivity index (χ3v) is 5.98. The zero-order valence-electron chi connectivity index (χ0n) is 14.6. The van der Waals surface area contributed by atoms with E-state index in [9.17, 15) is 26.8 Å². The molecule has 0 atom stereocenters. The van der Waals surface area contributed by atoms with Crippen molar-refractivity contribution in [3.05, 3.63) is 63.6 Å². The maximum absolute atomic E-state index is 13.6. The molecule has 0 aliphatic rings. The topological polar surface area (TPSA) is 90.0 Å². The number of halogens is 3. The lowest BCUT2D eigenvalue weighted by Crippen LogP contribution is -2.26. The van der Waals surface area contributed by atoms with Gasteiger partial charge in [0.05, 0.1) is 23.1 Å². The van der Waals surface area contributed by atoms with Crippen molar-refractivity contribution in [2.24, 2.45) is 0 Å². The molecule has 0 aliphatic heterocycles. The molecule has 0 saturated heterocycles. The van der Waals surface area contributed by atoms with Crippen molar-refractivity contribution in [3.8, 4) is 0 Å². The highest BCUT2D eigenvalue weighted by atomic mass is 79.9. The van der Waals surface area contributed by atoms with Gasteiger partial charge in [-0.25, -0.2) is 22.0 Å². The molecule has 0 aromatic heterocycles. The van der Waals surface area contributed by atoms with Gasteiger partial charge < -0.3 is 4.74 Å². The van der Waals surface area contributed by atoms with E-state index in [1.165, 1.54) is 19.2 Å². The van der Waals surface area contributed by atoms with E-state index < -0.39 is 45.6 Å². The third-order valence-electron chi connectivity index (χ3n) is 3.62. The molecule has 7 nitrogen and oxygen atoms in total. The van der Waals surface area contributed by atoms with E-state index in [1.807, 2.05) is 0 Å². The van der Waals surface area contributed by atoms with Gasteiger partial charge in [0, 0.05) is 17.6 Å². The number of hydrogen-bond donors (Lipinski definition) is 0. The van der Waals surface area contributed by atoms with Gasteiger partial charge in [0.15, 0.2) is 6.61 Å². The van der Waals surface area contributed by atoms with Crippen LogP contribution in [0.3, 0.4) is 0 Å². The van der Waals surface area contributed by atoms with Crippen molar-refractivity contribution >= 4 is 37.7 Å². The van der Waals surface area contributed by atoms with Gasteiger partial charge in [0.1, 0.15) is 11.6 Å². The van der Waals surface area contributed by atoms with E-state index >= 15 is 0 Å². The van der Waals surface area contributed by atoms with E-state index in [0.717, 1.165) is 25.3 Å². The monoisotopic (exact) mass is 477 g/mol. The Balaban J connectivity index is 2.20. The first-order valence-corrected chi connectivity index (χ1v) is 9.79. The number of nitrogens with zero attached hydrogens (tertiary/aromatic N) is 1. The second-order valence-electron chi connectivity index (χ2n) is 5.36. The highest BCUT2D eigenvalue weighted by Gasteiger charge is 2.24. The van der Waals surface area contributed by atoms with Crippen LogP contribution in [0.15, 0.2) is 45.8 Å². The second-order valence-corrected chi connectivity index (χ2v) is 8.15. The molecular weight excluding hydrogens is 464 g/mol. The summed E-state index contributed by atoms with van der Waals surface area (Å²) < 4.78 is 56.7. The lowest BCUT2D eigenvalue weighted by molar-refractivity contribution is -0.0258. The zero-order valence-corrected chi connectivity index (χ0v) is 17.0. The van der Waals surface area contributed by atoms with Crippen LogP contribution in [0.25, 0.3) is 0 Å². The van der Waals surface area contributed by atoms with Crippen LogP contribution in [-0.2, 0) is 19.6 Å². The highest BCUT2D eigenvalue weighted by molar-refractivity contribution is 9.10. The van der Waals surface area contributed by atoms with Crippen LogP contribution in [0.2, 0.25) is 0 Å². The molecule has 28 heavy (non-hydrogen) atoms. The van der Waals surface area contributed by atoms with Crippen molar-refractivity contribution in [3.63, 3.8) is 0 Å². The van der Waals surface area contributed by atoms with Crippen LogP contribution >= 0.6 is 15.9 Å². The first-order valence-electron chi connectivity index (χ1n) is 7.56. The van der Waals surface area contributed by atoms with Crippen LogP contribution in [0.1, 0.15) is 20.7 Å². The number of benzene rings is 2. The summed E-state index contributed by atoms with van der Waals surface area (Å²) in [5.41, 5.74) is -0.607. The predicted molar refractivity (Wildman–Crippen MR) is 97.1 cm³/mol. The van der Waals surface area contributed by atoms with E-state index in [0.29, 0.717) is 10.5 Å². The highest BCUT2D eigenvalue weighted by Crippen LogP contribution is 2.24. The van der Waals surface area contributed by atoms with Crippen molar-refractivity contribution in [1.82, 2.24) is 4.47 Å². The number of ether oxygens (including phenoxy) is 1. The van der Waals surface area contributed by atoms with Crippen LogP contribution in [0, 0.1) is 11.6 Å². The third kappa shape index (κ3) is 4.79. The number of hydrogen-bond acceptors (Lipinski definition) is 6. The largest absolute Gasteiger partial charge is 0.454 e. The maximum atomic E-state index is 13.6. The number of carbonyl (C=O) groups is 2. The fourth-order valence-electron chi connectivity index (χ4n) is 2.07. The normalized spacial score (nSPS) is 11.5. The Bertz CT molecular complexity index is 1030. The Morgan fingerprint density at radius 2 is 1.79 bits per heavy atom. The van der Waals surface area contributed by atoms with Crippen LogP contribution in [-0.4, -0.2) is 45.4 Å². The average molecular weight is 478 g/mol.